The van der Waals surface area contributed by atoms with Crippen molar-refractivity contribution in [1.29, 1.82) is 0 Å². The summed E-state index contributed by atoms with van der Waals surface area (Å²) in [4.78, 5) is 11.6. The number of thioether (sulfide) groups is 1. The molecule has 1 aliphatic heterocycles. The lowest BCUT2D eigenvalue weighted by molar-refractivity contribution is 0.0523. The van der Waals surface area contributed by atoms with Gasteiger partial charge in [0.2, 0.25) is 0 Å². The van der Waals surface area contributed by atoms with Crippen LogP contribution in [0.1, 0.15) is 10.4 Å². The average molecular weight is 256 g/mol. The van der Waals surface area contributed by atoms with Crippen LogP contribution in [0.15, 0.2) is 30.3 Å². The van der Waals surface area contributed by atoms with Gasteiger partial charge in [0.25, 0.3) is 0 Å². The van der Waals surface area contributed by atoms with Crippen molar-refractivity contribution in [2.45, 2.75) is 4.58 Å². The predicted molar refractivity (Wildman–Crippen MR) is 66.0 cm³/mol. The Morgan fingerprint density at radius 3 is 2.81 bits per heavy atom. The quantitative estimate of drug-likeness (QED) is 0.772. The van der Waals surface area contributed by atoms with Crippen molar-refractivity contribution in [3.8, 4) is 0 Å². The number of hydrogen-bond donors (Lipinski definition) is 0. The van der Waals surface area contributed by atoms with Gasteiger partial charge in [-0.15, -0.1) is 11.8 Å². The van der Waals surface area contributed by atoms with Crippen LogP contribution in [0, 0.1) is 0 Å². The van der Waals surface area contributed by atoms with E-state index in [0.29, 0.717) is 11.3 Å². The molecule has 1 aromatic rings. The number of carbonyl (C=O) groups is 1. The van der Waals surface area contributed by atoms with Crippen LogP contribution in [-0.2, 0) is 15.5 Å². The fourth-order valence-corrected chi connectivity index (χ4v) is 4.53. The lowest BCUT2D eigenvalue weighted by Gasteiger charge is -2.08. The molecule has 0 bridgehead atoms. The first-order valence-corrected chi connectivity index (χ1v) is 7.41. The summed E-state index contributed by atoms with van der Waals surface area (Å²) in [6.45, 7) is 0.241. The number of ether oxygens (including phenoxy) is 1. The molecular formula is C11H12O3S2. The molecule has 0 saturated carbocycles. The Bertz CT molecular complexity index is 391. The second-order valence-electron chi connectivity index (χ2n) is 3.35. The summed E-state index contributed by atoms with van der Waals surface area (Å²) in [6, 6.07) is 8.85. The molecule has 0 aromatic heterocycles. The van der Waals surface area contributed by atoms with E-state index in [0.717, 1.165) is 5.75 Å². The number of hydrogen-bond acceptors (Lipinski definition) is 4. The van der Waals surface area contributed by atoms with Crippen LogP contribution in [0.5, 0.6) is 0 Å². The first-order chi connectivity index (χ1) is 7.77. The van der Waals surface area contributed by atoms with Crippen molar-refractivity contribution in [3.63, 3.8) is 0 Å². The smallest absolute Gasteiger partial charge is 0.338 e. The molecule has 0 amide bonds. The van der Waals surface area contributed by atoms with Crippen LogP contribution in [0.4, 0.5) is 0 Å². The Balaban J connectivity index is 1.87. The Hall–Kier alpha value is -0.810. The number of rotatable bonds is 3. The predicted octanol–water partition coefficient (Wildman–Crippen LogP) is 1.66. The van der Waals surface area contributed by atoms with Crippen molar-refractivity contribution in [3.05, 3.63) is 35.9 Å². The number of carbonyl (C=O) groups excluding carboxylic acids is 1. The van der Waals surface area contributed by atoms with Gasteiger partial charge in [-0.2, -0.15) is 0 Å². The van der Waals surface area contributed by atoms with E-state index < -0.39 is 10.8 Å². The van der Waals surface area contributed by atoms with E-state index in [-0.39, 0.29) is 17.2 Å². The van der Waals surface area contributed by atoms with Crippen LogP contribution in [0.3, 0.4) is 0 Å². The van der Waals surface area contributed by atoms with Gasteiger partial charge in [0.1, 0.15) is 11.2 Å². The second kappa shape index (κ2) is 5.50. The summed E-state index contributed by atoms with van der Waals surface area (Å²) >= 11 is 1.61. The van der Waals surface area contributed by atoms with Crippen LogP contribution in [-0.4, -0.2) is 32.9 Å². The zero-order chi connectivity index (χ0) is 11.4. The van der Waals surface area contributed by atoms with Gasteiger partial charge in [-0.25, -0.2) is 4.79 Å². The van der Waals surface area contributed by atoms with Crippen LogP contribution in [0.2, 0.25) is 0 Å². The summed E-state index contributed by atoms with van der Waals surface area (Å²) in [7, 11) is -0.848. The average Bonchev–Trinajstić information content (AvgIpc) is 2.73. The lowest BCUT2D eigenvalue weighted by Crippen LogP contribution is -2.17. The molecule has 0 aliphatic carbocycles. The van der Waals surface area contributed by atoms with E-state index in [1.807, 2.05) is 6.07 Å². The van der Waals surface area contributed by atoms with E-state index in [4.69, 9.17) is 4.74 Å². The minimum atomic E-state index is -0.848. The molecule has 1 fully saturated rings. The Labute approximate surface area is 101 Å². The monoisotopic (exact) mass is 256 g/mol. The number of esters is 1. The van der Waals surface area contributed by atoms with Gasteiger partial charge < -0.3 is 4.74 Å². The molecule has 16 heavy (non-hydrogen) atoms. The molecule has 1 aliphatic rings. The van der Waals surface area contributed by atoms with E-state index >= 15 is 0 Å². The molecule has 1 saturated heterocycles. The molecule has 0 N–H and O–H groups in total. The first kappa shape index (κ1) is 11.7. The molecule has 1 heterocycles. The third-order valence-electron chi connectivity index (χ3n) is 2.24. The maximum absolute atomic E-state index is 11.6. The van der Waals surface area contributed by atoms with Gasteiger partial charge in [-0.1, -0.05) is 18.2 Å². The highest BCUT2D eigenvalue weighted by atomic mass is 32.2. The van der Waals surface area contributed by atoms with Crippen molar-refractivity contribution in [2.24, 2.45) is 0 Å². The van der Waals surface area contributed by atoms with Gasteiger partial charge in [-0.05, 0) is 12.1 Å². The molecule has 0 unspecified atom stereocenters. The zero-order valence-corrected chi connectivity index (χ0v) is 10.3. The zero-order valence-electron chi connectivity index (χ0n) is 8.63. The fourth-order valence-electron chi connectivity index (χ4n) is 1.39. The summed E-state index contributed by atoms with van der Waals surface area (Å²) in [5.41, 5.74) is 0.538. The van der Waals surface area contributed by atoms with Gasteiger partial charge in [0.15, 0.2) is 0 Å². The lowest BCUT2D eigenvalue weighted by atomic mass is 10.2. The standard InChI is InChI=1S/C11H12O3S2/c12-11(9-4-2-1-3-5-9)14-8-10-15-6-7-16(10)13/h1-5,10H,6-8H2/t10-,16-/m0/s1. The van der Waals surface area contributed by atoms with Crippen LogP contribution in [0.25, 0.3) is 0 Å². The minimum absolute atomic E-state index is 0.0485. The SMILES string of the molecule is O=C(OC[C@H]1SCC[S@@]1=O)c1ccccc1. The van der Waals surface area contributed by atoms with Crippen LogP contribution < -0.4 is 0 Å². The third-order valence-corrected chi connectivity index (χ3v) is 5.83. The summed E-state index contributed by atoms with van der Waals surface area (Å²) < 4.78 is 16.5. The molecule has 2 rings (SSSR count). The van der Waals surface area contributed by atoms with Crippen LogP contribution >= 0.6 is 11.8 Å². The Morgan fingerprint density at radius 2 is 2.19 bits per heavy atom. The maximum Gasteiger partial charge on any atom is 0.338 e. The first-order valence-electron chi connectivity index (χ1n) is 4.98. The van der Waals surface area contributed by atoms with Crippen molar-refractivity contribution in [2.75, 3.05) is 18.1 Å². The largest absolute Gasteiger partial charge is 0.460 e. The number of benzene rings is 1. The van der Waals surface area contributed by atoms with E-state index in [2.05, 4.69) is 0 Å². The van der Waals surface area contributed by atoms with Gasteiger partial charge >= 0.3 is 5.97 Å². The molecule has 0 spiro atoms. The molecule has 1 aromatic carbocycles. The molecule has 3 nitrogen and oxygen atoms in total. The highest BCUT2D eigenvalue weighted by molar-refractivity contribution is 8.14. The summed E-state index contributed by atoms with van der Waals surface area (Å²) in [5, 5.41) is 0. The van der Waals surface area contributed by atoms with Crippen molar-refractivity contribution >= 4 is 28.5 Å². The molecule has 2 atom stereocenters. The van der Waals surface area contributed by atoms with Gasteiger partial charge in [0.05, 0.1) is 5.56 Å². The van der Waals surface area contributed by atoms with Gasteiger partial charge in [-0.3, -0.25) is 4.21 Å². The highest BCUT2D eigenvalue weighted by Crippen LogP contribution is 2.23. The molecule has 5 heteroatoms. The maximum atomic E-state index is 11.6. The summed E-state index contributed by atoms with van der Waals surface area (Å²) in [6.07, 6.45) is 0. The molecule has 0 radical (unpaired) electrons. The minimum Gasteiger partial charge on any atom is -0.460 e. The fraction of sp³-hybridized carbons (Fsp3) is 0.364. The van der Waals surface area contributed by atoms with Gasteiger partial charge in [0, 0.05) is 22.3 Å². The second-order valence-corrected chi connectivity index (χ2v) is 6.70. The normalized spacial score (nSPS) is 24.2. The third kappa shape index (κ3) is 2.86. The van der Waals surface area contributed by atoms with E-state index in [1.165, 1.54) is 0 Å². The topological polar surface area (TPSA) is 43.4 Å². The Morgan fingerprint density at radius 1 is 1.44 bits per heavy atom. The van der Waals surface area contributed by atoms with Crippen molar-refractivity contribution in [1.82, 2.24) is 0 Å². The van der Waals surface area contributed by atoms with Crippen molar-refractivity contribution < 1.29 is 13.7 Å². The van der Waals surface area contributed by atoms with E-state index in [1.54, 1.807) is 36.0 Å². The Kier molecular flexibility index (Phi) is 4.01. The van der Waals surface area contributed by atoms with E-state index in [9.17, 15) is 9.00 Å². The molecular weight excluding hydrogens is 244 g/mol. The highest BCUT2D eigenvalue weighted by Gasteiger charge is 2.25. The summed E-state index contributed by atoms with van der Waals surface area (Å²) in [5.74, 6) is 1.25. The molecule has 86 valence electrons.